The predicted octanol–water partition coefficient (Wildman–Crippen LogP) is 2.99. The van der Waals surface area contributed by atoms with Gasteiger partial charge in [0.2, 0.25) is 0 Å². The number of aromatic nitrogens is 1. The number of hydrogen-bond donors (Lipinski definition) is 0. The fraction of sp³-hybridized carbons (Fsp3) is 0.389. The highest BCUT2D eigenvalue weighted by molar-refractivity contribution is 7.16. The van der Waals surface area contributed by atoms with Gasteiger partial charge < -0.3 is 9.30 Å². The van der Waals surface area contributed by atoms with Gasteiger partial charge in [0.05, 0.1) is 15.8 Å². The zero-order valence-electron chi connectivity index (χ0n) is 14.1. The third-order valence-corrected chi connectivity index (χ3v) is 5.52. The molecule has 0 bridgehead atoms. The topological polar surface area (TPSA) is 65.4 Å². The summed E-state index contributed by atoms with van der Waals surface area (Å²) in [6.45, 7) is 5.48. The molecule has 0 saturated heterocycles. The second-order valence-corrected chi connectivity index (χ2v) is 7.71. The molecule has 5 nitrogen and oxygen atoms in total. The zero-order valence-corrected chi connectivity index (χ0v) is 14.9. The first-order valence-electron chi connectivity index (χ1n) is 7.73. The van der Waals surface area contributed by atoms with E-state index in [-0.39, 0.29) is 10.7 Å². The van der Waals surface area contributed by atoms with Gasteiger partial charge in [0.1, 0.15) is 0 Å². The van der Waals surface area contributed by atoms with Crippen molar-refractivity contribution >= 4 is 33.3 Å². The van der Waals surface area contributed by atoms with Gasteiger partial charge in [-0.15, -0.1) is 0 Å². The molecule has 3 rings (SSSR count). The highest BCUT2D eigenvalue weighted by Crippen LogP contribution is 2.30. The standard InChI is InChI=1S/C18H19NO4S/c1-10-11(7-8-13-14(10)19(4)17(22)24-13)16(21)23-12-6-5-9-18(2,3)15(12)20/h5-8,12H,9H2,1-4H3. The van der Waals surface area contributed by atoms with Gasteiger partial charge in [-0.25, -0.2) is 4.79 Å². The average Bonchev–Trinajstić information content (AvgIpc) is 2.80. The number of hydrogen-bond acceptors (Lipinski definition) is 5. The fourth-order valence-electron chi connectivity index (χ4n) is 2.98. The lowest BCUT2D eigenvalue weighted by atomic mass is 9.78. The monoisotopic (exact) mass is 345 g/mol. The van der Waals surface area contributed by atoms with Gasteiger partial charge in [-0.05, 0) is 37.1 Å². The number of fused-ring (bicyclic) bond motifs is 1. The number of ether oxygens (including phenoxy) is 1. The van der Waals surface area contributed by atoms with Crippen LogP contribution in [0.1, 0.15) is 36.2 Å². The Bertz CT molecular complexity index is 932. The third-order valence-electron chi connectivity index (χ3n) is 4.52. The first-order chi connectivity index (χ1) is 11.2. The maximum Gasteiger partial charge on any atom is 0.339 e. The van der Waals surface area contributed by atoms with Crippen molar-refractivity contribution in [1.82, 2.24) is 4.57 Å². The Labute approximate surface area is 143 Å². The van der Waals surface area contributed by atoms with E-state index in [1.54, 1.807) is 32.2 Å². The maximum atomic E-state index is 12.6. The number of aryl methyl sites for hydroxylation is 2. The molecule has 126 valence electrons. The van der Waals surface area contributed by atoms with Crippen LogP contribution in [0.15, 0.2) is 29.1 Å². The van der Waals surface area contributed by atoms with E-state index in [9.17, 15) is 14.4 Å². The Hall–Kier alpha value is -2.21. The molecule has 1 aromatic heterocycles. The number of ketones is 1. The molecule has 0 radical (unpaired) electrons. The largest absolute Gasteiger partial charge is 0.446 e. The van der Waals surface area contributed by atoms with Crippen LogP contribution in [0, 0.1) is 12.3 Å². The molecule has 1 aliphatic carbocycles. The van der Waals surface area contributed by atoms with E-state index in [0.717, 1.165) is 21.6 Å². The minimum absolute atomic E-state index is 0.0780. The highest BCUT2D eigenvalue weighted by Gasteiger charge is 2.37. The lowest BCUT2D eigenvalue weighted by Gasteiger charge is -2.29. The molecule has 2 aromatic rings. The minimum Gasteiger partial charge on any atom is -0.446 e. The maximum absolute atomic E-state index is 12.6. The summed E-state index contributed by atoms with van der Waals surface area (Å²) in [6, 6.07) is 3.39. The molecular weight excluding hydrogens is 326 g/mol. The number of benzene rings is 1. The van der Waals surface area contributed by atoms with Crippen molar-refractivity contribution in [2.45, 2.75) is 33.3 Å². The van der Waals surface area contributed by atoms with E-state index >= 15 is 0 Å². The van der Waals surface area contributed by atoms with Crippen molar-refractivity contribution in [2.24, 2.45) is 12.5 Å². The summed E-state index contributed by atoms with van der Waals surface area (Å²) >= 11 is 1.14. The molecule has 0 aliphatic heterocycles. The van der Waals surface area contributed by atoms with Crippen LogP contribution < -0.4 is 4.87 Å². The molecular formula is C18H19NO4S. The van der Waals surface area contributed by atoms with Crippen LogP contribution in [0.2, 0.25) is 0 Å². The minimum atomic E-state index is -0.859. The Morgan fingerprint density at radius 2 is 2.04 bits per heavy atom. The quantitative estimate of drug-likeness (QED) is 0.620. The molecule has 1 aliphatic rings. The van der Waals surface area contributed by atoms with Crippen molar-refractivity contribution in [2.75, 3.05) is 0 Å². The number of rotatable bonds is 2. The molecule has 1 aromatic carbocycles. The van der Waals surface area contributed by atoms with E-state index in [1.165, 1.54) is 4.57 Å². The smallest absolute Gasteiger partial charge is 0.339 e. The molecule has 1 heterocycles. The van der Waals surface area contributed by atoms with Gasteiger partial charge in [0.25, 0.3) is 0 Å². The van der Waals surface area contributed by atoms with Crippen molar-refractivity contribution in [3.8, 4) is 0 Å². The highest BCUT2D eigenvalue weighted by atomic mass is 32.1. The van der Waals surface area contributed by atoms with Crippen molar-refractivity contribution in [3.05, 3.63) is 45.1 Å². The van der Waals surface area contributed by atoms with Crippen LogP contribution in [-0.4, -0.2) is 22.4 Å². The summed E-state index contributed by atoms with van der Waals surface area (Å²) in [7, 11) is 1.68. The second-order valence-electron chi connectivity index (χ2n) is 6.72. The second kappa shape index (κ2) is 5.70. The first-order valence-corrected chi connectivity index (χ1v) is 8.55. The van der Waals surface area contributed by atoms with Gasteiger partial charge in [0, 0.05) is 12.5 Å². The van der Waals surface area contributed by atoms with Crippen LogP contribution >= 0.6 is 11.3 Å². The van der Waals surface area contributed by atoms with Crippen molar-refractivity contribution in [3.63, 3.8) is 0 Å². The predicted molar refractivity (Wildman–Crippen MR) is 93.6 cm³/mol. The summed E-state index contributed by atoms with van der Waals surface area (Å²) < 4.78 is 7.80. The SMILES string of the molecule is Cc1c(C(=O)OC2C=CCC(C)(C)C2=O)ccc2sc(=O)n(C)c12. The summed E-state index contributed by atoms with van der Waals surface area (Å²) in [5.74, 6) is -0.645. The van der Waals surface area contributed by atoms with E-state index < -0.39 is 17.5 Å². The van der Waals surface area contributed by atoms with Crippen LogP contribution in [0.5, 0.6) is 0 Å². The summed E-state index contributed by atoms with van der Waals surface area (Å²) in [6.07, 6.45) is 3.29. The molecule has 6 heteroatoms. The van der Waals surface area contributed by atoms with Crippen molar-refractivity contribution < 1.29 is 14.3 Å². The third kappa shape index (κ3) is 2.60. The van der Waals surface area contributed by atoms with E-state index in [0.29, 0.717) is 17.5 Å². The summed E-state index contributed by atoms with van der Waals surface area (Å²) in [5.41, 5.74) is 1.26. The number of allylic oxidation sites excluding steroid dienone is 1. The number of esters is 1. The number of thiazole rings is 1. The lowest BCUT2D eigenvalue weighted by molar-refractivity contribution is -0.134. The Morgan fingerprint density at radius 1 is 1.33 bits per heavy atom. The average molecular weight is 345 g/mol. The van der Waals surface area contributed by atoms with E-state index in [4.69, 9.17) is 4.74 Å². The number of Topliss-reactive ketones (excluding diaryl/α,β-unsaturated/α-hetero) is 1. The number of carbonyl (C=O) groups is 2. The van der Waals surface area contributed by atoms with E-state index in [2.05, 4.69) is 0 Å². The van der Waals surface area contributed by atoms with Gasteiger partial charge in [-0.2, -0.15) is 0 Å². The fourth-order valence-corrected chi connectivity index (χ4v) is 3.92. The molecule has 1 atom stereocenters. The Kier molecular flexibility index (Phi) is 3.95. The normalized spacial score (nSPS) is 19.7. The van der Waals surface area contributed by atoms with Gasteiger partial charge in [-0.3, -0.25) is 9.59 Å². The van der Waals surface area contributed by atoms with Gasteiger partial charge >= 0.3 is 10.8 Å². The molecule has 0 saturated carbocycles. The zero-order chi connectivity index (χ0) is 17.6. The summed E-state index contributed by atoms with van der Waals surface area (Å²) in [4.78, 5) is 36.7. The summed E-state index contributed by atoms with van der Waals surface area (Å²) in [5, 5.41) is 0. The van der Waals surface area contributed by atoms with E-state index in [1.807, 2.05) is 19.9 Å². The molecule has 24 heavy (non-hydrogen) atoms. The van der Waals surface area contributed by atoms with Crippen LogP contribution in [0.3, 0.4) is 0 Å². The van der Waals surface area contributed by atoms with Gasteiger partial charge in [-0.1, -0.05) is 31.3 Å². The lowest BCUT2D eigenvalue weighted by Crippen LogP contribution is -2.38. The molecule has 1 unspecified atom stereocenters. The molecule has 0 spiro atoms. The van der Waals surface area contributed by atoms with Gasteiger partial charge in [0.15, 0.2) is 11.9 Å². The Morgan fingerprint density at radius 3 is 2.75 bits per heavy atom. The van der Waals surface area contributed by atoms with Crippen LogP contribution in [0.25, 0.3) is 10.2 Å². The molecule has 0 N–H and O–H groups in total. The number of nitrogens with zero attached hydrogens (tertiary/aromatic N) is 1. The van der Waals surface area contributed by atoms with Crippen molar-refractivity contribution in [1.29, 1.82) is 0 Å². The number of carbonyl (C=O) groups excluding carboxylic acids is 2. The Balaban J connectivity index is 1.95. The molecule has 0 amide bonds. The molecule has 0 fully saturated rings. The van der Waals surface area contributed by atoms with Crippen LogP contribution in [-0.2, 0) is 16.6 Å². The van der Waals surface area contributed by atoms with Crippen LogP contribution in [0.4, 0.5) is 0 Å². The first kappa shape index (κ1) is 16.6.